The summed E-state index contributed by atoms with van der Waals surface area (Å²) in [7, 11) is 0. The van der Waals surface area contributed by atoms with Gasteiger partial charge in [-0.2, -0.15) is 0 Å². The maximum atomic E-state index is 12.7. The molecule has 2 aromatic rings. The van der Waals surface area contributed by atoms with E-state index >= 15 is 0 Å². The lowest BCUT2D eigenvalue weighted by Crippen LogP contribution is -2.35. The molecular weight excluding hydrogens is 406 g/mol. The Morgan fingerprint density at radius 3 is 2.55 bits per heavy atom. The standard InChI is InChI=1S/C22H21NO4S2/c1-15(2)27-20(24)13-23-21(25)19(29-22(23)28)12-17-10-6-7-11-18(17)26-14-16-8-4-3-5-9-16/h3-12,15H,13-14H2,1-2H3. The fourth-order valence-corrected chi connectivity index (χ4v) is 3.92. The Labute approximate surface area is 179 Å². The number of thiocarbonyl (C=S) groups is 1. The number of carbonyl (C=O) groups excluding carboxylic acids is 2. The number of hydrogen-bond acceptors (Lipinski definition) is 6. The van der Waals surface area contributed by atoms with E-state index in [-0.39, 0.29) is 18.6 Å². The minimum atomic E-state index is -0.482. The first-order valence-corrected chi connectivity index (χ1v) is 10.4. The summed E-state index contributed by atoms with van der Waals surface area (Å²) in [5.74, 6) is -0.122. The van der Waals surface area contributed by atoms with Crippen molar-refractivity contribution in [3.05, 3.63) is 70.6 Å². The maximum absolute atomic E-state index is 12.7. The molecule has 1 amide bonds. The Bertz CT molecular complexity index is 941. The van der Waals surface area contributed by atoms with Crippen LogP contribution in [0, 0.1) is 0 Å². The summed E-state index contributed by atoms with van der Waals surface area (Å²) < 4.78 is 11.4. The van der Waals surface area contributed by atoms with E-state index < -0.39 is 5.97 Å². The first-order chi connectivity index (χ1) is 13.9. The molecule has 0 saturated carbocycles. The molecule has 1 saturated heterocycles. The largest absolute Gasteiger partial charge is 0.488 e. The molecule has 0 unspecified atom stereocenters. The summed E-state index contributed by atoms with van der Waals surface area (Å²) >= 11 is 6.45. The highest BCUT2D eigenvalue weighted by atomic mass is 32.2. The number of rotatable bonds is 7. The van der Waals surface area contributed by atoms with Crippen LogP contribution < -0.4 is 4.74 Å². The van der Waals surface area contributed by atoms with E-state index in [0.717, 1.165) is 11.1 Å². The average molecular weight is 428 g/mol. The third kappa shape index (κ3) is 5.68. The Morgan fingerprint density at radius 1 is 1.14 bits per heavy atom. The second-order valence-corrected chi connectivity index (χ2v) is 8.29. The van der Waals surface area contributed by atoms with Crippen LogP contribution in [0.25, 0.3) is 6.08 Å². The Balaban J connectivity index is 1.74. The fraction of sp³-hybridized carbons (Fsp3) is 0.227. The van der Waals surface area contributed by atoms with Gasteiger partial charge in [0, 0.05) is 5.56 Å². The lowest BCUT2D eigenvalue weighted by molar-refractivity contribution is -0.149. The number of carbonyl (C=O) groups is 2. The number of ether oxygens (including phenoxy) is 2. The SMILES string of the molecule is CC(C)OC(=O)CN1C(=O)C(=Cc2ccccc2OCc2ccccc2)SC1=S. The van der Waals surface area contributed by atoms with Gasteiger partial charge in [0.15, 0.2) is 0 Å². The van der Waals surface area contributed by atoms with Gasteiger partial charge in [-0.3, -0.25) is 14.5 Å². The highest BCUT2D eigenvalue weighted by Crippen LogP contribution is 2.34. The summed E-state index contributed by atoms with van der Waals surface area (Å²) in [4.78, 5) is 26.4. The lowest BCUT2D eigenvalue weighted by Gasteiger charge is -2.15. The molecule has 29 heavy (non-hydrogen) atoms. The summed E-state index contributed by atoms with van der Waals surface area (Å²) in [5.41, 5.74) is 1.82. The molecule has 0 spiro atoms. The highest BCUT2D eigenvalue weighted by Gasteiger charge is 2.34. The first kappa shape index (κ1) is 21.1. The first-order valence-electron chi connectivity index (χ1n) is 9.14. The predicted octanol–water partition coefficient (Wildman–Crippen LogP) is 4.42. The molecule has 0 N–H and O–H groups in total. The monoisotopic (exact) mass is 427 g/mol. The summed E-state index contributed by atoms with van der Waals surface area (Å²) in [6.45, 7) is 3.75. The van der Waals surface area contributed by atoms with Gasteiger partial charge >= 0.3 is 5.97 Å². The van der Waals surface area contributed by atoms with Crippen LogP contribution in [0.3, 0.4) is 0 Å². The molecule has 0 aromatic heterocycles. The van der Waals surface area contributed by atoms with Crippen molar-refractivity contribution in [2.24, 2.45) is 0 Å². The van der Waals surface area contributed by atoms with E-state index in [1.54, 1.807) is 19.9 Å². The molecule has 3 rings (SSSR count). The van der Waals surface area contributed by atoms with Gasteiger partial charge in [0.1, 0.15) is 23.2 Å². The predicted molar refractivity (Wildman–Crippen MR) is 118 cm³/mol. The van der Waals surface area contributed by atoms with Gasteiger partial charge in [-0.15, -0.1) is 0 Å². The zero-order valence-corrected chi connectivity index (χ0v) is 17.8. The third-order valence-electron chi connectivity index (χ3n) is 3.97. The van der Waals surface area contributed by atoms with Crippen molar-refractivity contribution in [2.75, 3.05) is 6.54 Å². The minimum absolute atomic E-state index is 0.188. The molecule has 5 nitrogen and oxygen atoms in total. The molecular formula is C22H21NO4S2. The van der Waals surface area contributed by atoms with Crippen LogP contribution in [0.2, 0.25) is 0 Å². The zero-order chi connectivity index (χ0) is 20.8. The molecule has 0 atom stereocenters. The molecule has 0 radical (unpaired) electrons. The van der Waals surface area contributed by atoms with Crippen LogP contribution in [-0.2, 0) is 20.9 Å². The Hall–Kier alpha value is -2.64. The average Bonchev–Trinajstić information content (AvgIpc) is 2.95. The quantitative estimate of drug-likeness (QED) is 0.370. The highest BCUT2D eigenvalue weighted by molar-refractivity contribution is 8.26. The molecule has 1 fully saturated rings. The Kier molecular flexibility index (Phi) is 7.06. The zero-order valence-electron chi connectivity index (χ0n) is 16.2. The lowest BCUT2D eigenvalue weighted by atomic mass is 10.1. The fourth-order valence-electron chi connectivity index (χ4n) is 2.67. The third-order valence-corrected chi connectivity index (χ3v) is 5.35. The molecule has 0 aliphatic carbocycles. The number of esters is 1. The van der Waals surface area contributed by atoms with Crippen LogP contribution >= 0.6 is 24.0 Å². The summed E-state index contributed by atoms with van der Waals surface area (Å²) in [5, 5.41) is 0. The van der Waals surface area contributed by atoms with Crippen molar-refractivity contribution in [3.63, 3.8) is 0 Å². The van der Waals surface area contributed by atoms with Crippen LogP contribution in [0.1, 0.15) is 25.0 Å². The van der Waals surface area contributed by atoms with Crippen LogP contribution in [0.15, 0.2) is 59.5 Å². The molecule has 0 bridgehead atoms. The van der Waals surface area contributed by atoms with Gasteiger partial charge in [0.25, 0.3) is 5.91 Å². The summed E-state index contributed by atoms with van der Waals surface area (Å²) in [6, 6.07) is 17.3. The van der Waals surface area contributed by atoms with Gasteiger partial charge in [-0.05, 0) is 31.6 Å². The molecule has 7 heteroatoms. The van der Waals surface area contributed by atoms with Gasteiger partial charge in [0.05, 0.1) is 11.0 Å². The van der Waals surface area contributed by atoms with E-state index in [1.807, 2.05) is 54.6 Å². The van der Waals surface area contributed by atoms with E-state index in [0.29, 0.717) is 21.6 Å². The number of benzene rings is 2. The van der Waals surface area contributed by atoms with Crippen LogP contribution in [0.5, 0.6) is 5.75 Å². The maximum Gasteiger partial charge on any atom is 0.326 e. The topological polar surface area (TPSA) is 55.8 Å². The van der Waals surface area contributed by atoms with Gasteiger partial charge < -0.3 is 9.47 Å². The van der Waals surface area contributed by atoms with E-state index in [1.165, 1.54) is 16.7 Å². The van der Waals surface area contributed by atoms with E-state index in [9.17, 15) is 9.59 Å². The van der Waals surface area contributed by atoms with E-state index in [2.05, 4.69) is 0 Å². The van der Waals surface area contributed by atoms with Crippen molar-refractivity contribution in [3.8, 4) is 5.75 Å². The van der Waals surface area contributed by atoms with Gasteiger partial charge in [-0.1, -0.05) is 72.5 Å². The number of hydrogen-bond donors (Lipinski definition) is 0. The van der Waals surface area contributed by atoms with Crippen LogP contribution in [-0.4, -0.2) is 33.7 Å². The van der Waals surface area contributed by atoms with Gasteiger partial charge in [0.2, 0.25) is 0 Å². The number of para-hydroxylation sites is 1. The molecule has 150 valence electrons. The van der Waals surface area contributed by atoms with E-state index in [4.69, 9.17) is 21.7 Å². The molecule has 1 heterocycles. The smallest absolute Gasteiger partial charge is 0.326 e. The number of amides is 1. The van der Waals surface area contributed by atoms with Crippen molar-refractivity contribution >= 4 is 46.3 Å². The van der Waals surface area contributed by atoms with Crippen molar-refractivity contribution < 1.29 is 19.1 Å². The van der Waals surface area contributed by atoms with Crippen LogP contribution in [0.4, 0.5) is 0 Å². The van der Waals surface area contributed by atoms with Crippen molar-refractivity contribution in [1.29, 1.82) is 0 Å². The second-order valence-electron chi connectivity index (χ2n) is 6.62. The second kappa shape index (κ2) is 9.71. The molecule has 1 aliphatic rings. The minimum Gasteiger partial charge on any atom is -0.488 e. The normalized spacial score (nSPS) is 15.3. The van der Waals surface area contributed by atoms with Crippen molar-refractivity contribution in [2.45, 2.75) is 26.6 Å². The molecule has 1 aliphatic heterocycles. The summed E-state index contributed by atoms with van der Waals surface area (Å²) in [6.07, 6.45) is 1.50. The molecule has 2 aromatic carbocycles. The number of nitrogens with zero attached hydrogens (tertiary/aromatic N) is 1. The van der Waals surface area contributed by atoms with Crippen molar-refractivity contribution in [1.82, 2.24) is 4.90 Å². The van der Waals surface area contributed by atoms with Gasteiger partial charge in [-0.25, -0.2) is 0 Å². The Morgan fingerprint density at radius 2 is 1.83 bits per heavy atom. The number of thioether (sulfide) groups is 1.